The molecule has 0 aliphatic rings. The lowest BCUT2D eigenvalue weighted by atomic mass is 10.2. The van der Waals surface area contributed by atoms with Crippen molar-refractivity contribution in [3.05, 3.63) is 81.4 Å². The number of thiazole rings is 1. The highest BCUT2D eigenvalue weighted by atomic mass is 79.9. The van der Waals surface area contributed by atoms with Crippen molar-refractivity contribution in [1.82, 2.24) is 20.2 Å². The molecule has 2 N–H and O–H groups in total. The second kappa shape index (κ2) is 7.57. The van der Waals surface area contributed by atoms with Crippen LogP contribution in [0.3, 0.4) is 0 Å². The Labute approximate surface area is 173 Å². The second-order valence-electron chi connectivity index (χ2n) is 6.06. The first-order valence-corrected chi connectivity index (χ1v) is 10.0. The molecule has 0 aliphatic carbocycles. The zero-order chi connectivity index (χ0) is 19.7. The van der Waals surface area contributed by atoms with E-state index in [9.17, 15) is 9.59 Å². The highest BCUT2D eigenvalue weighted by Crippen LogP contribution is 2.29. The number of hydrazine groups is 1. The third-order valence-corrected chi connectivity index (χ3v) is 5.94. The van der Waals surface area contributed by atoms with Gasteiger partial charge < -0.3 is 0 Å². The van der Waals surface area contributed by atoms with Crippen molar-refractivity contribution in [1.29, 1.82) is 0 Å². The molecule has 0 saturated carbocycles. The fourth-order valence-electron chi connectivity index (χ4n) is 2.86. The molecule has 2 aromatic heterocycles. The number of carbonyl (C=O) groups is 2. The van der Waals surface area contributed by atoms with Crippen molar-refractivity contribution in [2.75, 3.05) is 0 Å². The Morgan fingerprint density at radius 1 is 1.00 bits per heavy atom. The van der Waals surface area contributed by atoms with E-state index in [4.69, 9.17) is 0 Å². The normalized spacial score (nSPS) is 10.8. The Morgan fingerprint density at radius 2 is 1.68 bits per heavy atom. The zero-order valence-corrected chi connectivity index (χ0v) is 17.2. The third-order valence-electron chi connectivity index (χ3n) is 4.26. The molecule has 6 nitrogen and oxygen atoms in total. The molecule has 2 amide bonds. The first-order chi connectivity index (χ1) is 13.5. The van der Waals surface area contributed by atoms with Crippen LogP contribution < -0.4 is 10.9 Å². The Balaban J connectivity index is 1.57. The summed E-state index contributed by atoms with van der Waals surface area (Å²) in [6.07, 6.45) is 1.79. The summed E-state index contributed by atoms with van der Waals surface area (Å²) in [6.45, 7) is 1.86. The first kappa shape index (κ1) is 18.4. The first-order valence-electron chi connectivity index (χ1n) is 8.43. The van der Waals surface area contributed by atoms with Gasteiger partial charge in [-0.15, -0.1) is 0 Å². The van der Waals surface area contributed by atoms with Crippen molar-refractivity contribution in [3.63, 3.8) is 0 Å². The Kier molecular flexibility index (Phi) is 4.97. The summed E-state index contributed by atoms with van der Waals surface area (Å²) < 4.78 is 2.94. The summed E-state index contributed by atoms with van der Waals surface area (Å²) in [5.74, 6) is -0.748. The quantitative estimate of drug-likeness (QED) is 0.455. The lowest BCUT2D eigenvalue weighted by molar-refractivity contribution is 0.0848. The minimum atomic E-state index is -0.376. The number of hydrogen-bond donors (Lipinski definition) is 2. The van der Waals surface area contributed by atoms with E-state index in [-0.39, 0.29) is 11.8 Å². The van der Waals surface area contributed by atoms with Gasteiger partial charge in [0.25, 0.3) is 11.8 Å². The highest BCUT2D eigenvalue weighted by Gasteiger charge is 2.20. The number of nitrogens with one attached hydrogen (secondary N) is 2. The SMILES string of the molecule is Cc1c(C(=O)NNC(=O)c2ccccc2)sc2ncc(-c3ccc(Br)cc3)n12. The number of fused-ring (bicyclic) bond motifs is 1. The van der Waals surface area contributed by atoms with Crippen molar-refractivity contribution in [2.24, 2.45) is 0 Å². The zero-order valence-electron chi connectivity index (χ0n) is 14.8. The standard InChI is InChI=1S/C20H15BrN4O2S/c1-12-17(19(27)24-23-18(26)14-5-3-2-4-6-14)28-20-22-11-16(25(12)20)13-7-9-15(21)10-8-13/h2-11H,1H3,(H,23,26)(H,24,27). The number of hydrogen-bond acceptors (Lipinski definition) is 4. The van der Waals surface area contributed by atoms with E-state index in [1.54, 1.807) is 30.5 Å². The molecule has 4 rings (SSSR count). The monoisotopic (exact) mass is 454 g/mol. The van der Waals surface area contributed by atoms with Crippen LogP contribution in [-0.4, -0.2) is 21.2 Å². The maximum Gasteiger partial charge on any atom is 0.281 e. The molecule has 0 saturated heterocycles. The molecule has 140 valence electrons. The van der Waals surface area contributed by atoms with Crippen LogP contribution in [0.2, 0.25) is 0 Å². The molecule has 0 radical (unpaired) electrons. The smallest absolute Gasteiger partial charge is 0.281 e. The van der Waals surface area contributed by atoms with Crippen LogP contribution in [-0.2, 0) is 0 Å². The molecule has 2 heterocycles. The summed E-state index contributed by atoms with van der Waals surface area (Å²) >= 11 is 4.71. The molecule has 0 bridgehead atoms. The Hall–Kier alpha value is -2.97. The largest absolute Gasteiger partial charge is 0.287 e. The van der Waals surface area contributed by atoms with Crippen molar-refractivity contribution in [3.8, 4) is 11.3 Å². The third kappa shape index (κ3) is 3.44. The lowest BCUT2D eigenvalue weighted by Crippen LogP contribution is -2.41. The minimum Gasteiger partial charge on any atom is -0.287 e. The molecule has 28 heavy (non-hydrogen) atoms. The van der Waals surface area contributed by atoms with Gasteiger partial charge in [0, 0.05) is 21.3 Å². The molecule has 0 atom stereocenters. The number of aromatic nitrogens is 2. The number of nitrogens with zero attached hydrogens (tertiary/aromatic N) is 2. The molecular weight excluding hydrogens is 440 g/mol. The maximum atomic E-state index is 12.6. The van der Waals surface area contributed by atoms with Gasteiger partial charge in [0.1, 0.15) is 4.88 Å². The number of benzene rings is 2. The molecule has 4 aromatic rings. The lowest BCUT2D eigenvalue weighted by Gasteiger charge is -2.07. The number of amides is 2. The molecule has 0 aliphatic heterocycles. The van der Waals surface area contributed by atoms with E-state index < -0.39 is 0 Å². The van der Waals surface area contributed by atoms with Crippen molar-refractivity contribution < 1.29 is 9.59 Å². The fourth-order valence-corrected chi connectivity index (χ4v) is 4.13. The van der Waals surface area contributed by atoms with Crippen molar-refractivity contribution >= 4 is 44.0 Å². The van der Waals surface area contributed by atoms with Gasteiger partial charge in [0.15, 0.2) is 4.96 Å². The van der Waals surface area contributed by atoms with Gasteiger partial charge in [-0.2, -0.15) is 0 Å². The average Bonchev–Trinajstić information content (AvgIpc) is 3.28. The second-order valence-corrected chi connectivity index (χ2v) is 7.95. The topological polar surface area (TPSA) is 75.5 Å². The highest BCUT2D eigenvalue weighted by molar-refractivity contribution is 9.10. The van der Waals surface area contributed by atoms with Crippen LogP contribution in [0, 0.1) is 6.92 Å². The van der Waals surface area contributed by atoms with E-state index in [2.05, 4.69) is 31.8 Å². The predicted octanol–water partition coefficient (Wildman–Crippen LogP) is 4.21. The molecule has 8 heteroatoms. The number of carbonyl (C=O) groups excluding carboxylic acids is 2. The van der Waals surface area contributed by atoms with Crippen LogP contribution in [0.15, 0.2) is 65.3 Å². The van der Waals surface area contributed by atoms with Crippen LogP contribution >= 0.6 is 27.3 Å². The van der Waals surface area contributed by atoms with Crippen LogP contribution in [0.25, 0.3) is 16.2 Å². The van der Waals surface area contributed by atoms with Gasteiger partial charge in [-0.3, -0.25) is 24.8 Å². The Morgan fingerprint density at radius 3 is 2.39 bits per heavy atom. The van der Waals surface area contributed by atoms with E-state index in [0.29, 0.717) is 10.4 Å². The van der Waals surface area contributed by atoms with Gasteiger partial charge >= 0.3 is 0 Å². The average molecular weight is 455 g/mol. The number of halogens is 1. The summed E-state index contributed by atoms with van der Waals surface area (Å²) in [7, 11) is 0. The van der Waals surface area contributed by atoms with Gasteiger partial charge in [-0.25, -0.2) is 4.98 Å². The Bertz CT molecular complexity index is 1170. The van der Waals surface area contributed by atoms with Gasteiger partial charge in [-0.05, 0) is 31.2 Å². The summed E-state index contributed by atoms with van der Waals surface area (Å²) in [4.78, 5) is 30.3. The number of aryl methyl sites for hydroxylation is 1. The van der Waals surface area contributed by atoms with Gasteiger partial charge in [0.2, 0.25) is 0 Å². The van der Waals surface area contributed by atoms with Crippen LogP contribution in [0.4, 0.5) is 0 Å². The van der Waals surface area contributed by atoms with Crippen LogP contribution in [0.5, 0.6) is 0 Å². The number of rotatable bonds is 3. The van der Waals surface area contributed by atoms with E-state index in [0.717, 1.165) is 26.4 Å². The van der Waals surface area contributed by atoms with E-state index in [1.165, 1.54) is 11.3 Å². The maximum absolute atomic E-state index is 12.6. The van der Waals surface area contributed by atoms with Gasteiger partial charge in [-0.1, -0.05) is 57.6 Å². The number of imidazole rings is 1. The molecular formula is C20H15BrN4O2S. The molecule has 0 unspecified atom stereocenters. The van der Waals surface area contributed by atoms with E-state index >= 15 is 0 Å². The van der Waals surface area contributed by atoms with Crippen LogP contribution in [0.1, 0.15) is 25.7 Å². The summed E-state index contributed by atoms with van der Waals surface area (Å²) in [5, 5.41) is 0. The van der Waals surface area contributed by atoms with E-state index in [1.807, 2.05) is 41.7 Å². The molecule has 0 spiro atoms. The predicted molar refractivity (Wildman–Crippen MR) is 112 cm³/mol. The van der Waals surface area contributed by atoms with Gasteiger partial charge in [0.05, 0.1) is 11.9 Å². The summed E-state index contributed by atoms with van der Waals surface area (Å²) in [6, 6.07) is 16.6. The minimum absolute atomic E-state index is 0.372. The fraction of sp³-hybridized carbons (Fsp3) is 0.0500. The summed E-state index contributed by atoms with van der Waals surface area (Å²) in [5.41, 5.74) is 8.07. The molecule has 0 fully saturated rings. The molecule has 2 aromatic carbocycles. The van der Waals surface area contributed by atoms with Crippen molar-refractivity contribution in [2.45, 2.75) is 6.92 Å².